The highest BCUT2D eigenvalue weighted by molar-refractivity contribution is 5.64. The molecule has 124 valence electrons. The Morgan fingerprint density at radius 3 is 2.71 bits per heavy atom. The monoisotopic (exact) mass is 333 g/mol. The molecule has 1 aliphatic rings. The average molecular weight is 333 g/mol. The predicted octanol–water partition coefficient (Wildman–Crippen LogP) is 4.13. The minimum absolute atomic E-state index is 0.197. The van der Waals surface area contributed by atoms with Crippen LogP contribution in [-0.4, -0.2) is 20.2 Å². The Hall–Kier alpha value is -2.57. The van der Waals surface area contributed by atoms with Gasteiger partial charge in [-0.15, -0.1) is 10.2 Å². The van der Waals surface area contributed by atoms with Crippen LogP contribution in [0.25, 0.3) is 17.0 Å². The van der Waals surface area contributed by atoms with Gasteiger partial charge < -0.3 is 4.74 Å². The van der Waals surface area contributed by atoms with Crippen molar-refractivity contribution in [3.8, 4) is 17.1 Å². The van der Waals surface area contributed by atoms with Crippen LogP contribution in [0, 0.1) is 0 Å². The zero-order chi connectivity index (χ0) is 17.1. The minimum atomic E-state index is -4.47. The maximum absolute atomic E-state index is 13.1. The van der Waals surface area contributed by atoms with Crippen molar-refractivity contribution in [1.29, 1.82) is 0 Å². The molecule has 3 aromatic rings. The van der Waals surface area contributed by atoms with E-state index in [1.165, 1.54) is 16.7 Å². The molecule has 4 rings (SSSR count). The lowest BCUT2D eigenvalue weighted by Crippen LogP contribution is -2.24. The number of halogens is 3. The molecule has 0 bridgehead atoms. The molecular weight excluding hydrogens is 319 g/mol. The SMILES string of the molecule is CC1(C)Cc2cc(-c3nnc4c(C(F)(F)F)cccn34)ccc2O1. The number of alkyl halides is 3. The zero-order valence-electron chi connectivity index (χ0n) is 13.1. The molecule has 2 aromatic heterocycles. The molecule has 24 heavy (non-hydrogen) atoms. The Morgan fingerprint density at radius 1 is 1.17 bits per heavy atom. The quantitative estimate of drug-likeness (QED) is 0.672. The molecule has 3 heterocycles. The van der Waals surface area contributed by atoms with Crippen molar-refractivity contribution in [2.45, 2.75) is 32.0 Å². The van der Waals surface area contributed by atoms with E-state index in [0.29, 0.717) is 11.4 Å². The van der Waals surface area contributed by atoms with Crippen LogP contribution in [0.5, 0.6) is 5.75 Å². The van der Waals surface area contributed by atoms with Crippen molar-refractivity contribution < 1.29 is 17.9 Å². The summed E-state index contributed by atoms with van der Waals surface area (Å²) in [6.07, 6.45) is -2.20. The average Bonchev–Trinajstić information content (AvgIpc) is 3.03. The van der Waals surface area contributed by atoms with Crippen molar-refractivity contribution in [1.82, 2.24) is 14.6 Å². The first kappa shape index (κ1) is 15.0. The van der Waals surface area contributed by atoms with Crippen molar-refractivity contribution in [2.24, 2.45) is 0 Å². The van der Waals surface area contributed by atoms with Crippen LogP contribution < -0.4 is 4.74 Å². The third-order valence-electron chi connectivity index (χ3n) is 4.06. The van der Waals surface area contributed by atoms with Crippen LogP contribution >= 0.6 is 0 Å². The second-order valence-electron chi connectivity index (χ2n) is 6.50. The second kappa shape index (κ2) is 4.72. The van der Waals surface area contributed by atoms with Crippen LogP contribution in [0.1, 0.15) is 25.0 Å². The molecule has 1 aromatic carbocycles. The van der Waals surface area contributed by atoms with Crippen LogP contribution in [0.15, 0.2) is 36.5 Å². The molecule has 0 radical (unpaired) electrons. The Bertz CT molecular complexity index is 944. The summed E-state index contributed by atoms with van der Waals surface area (Å²) in [4.78, 5) is 0. The largest absolute Gasteiger partial charge is 0.487 e. The lowest BCUT2D eigenvalue weighted by molar-refractivity contribution is -0.136. The van der Waals surface area contributed by atoms with Gasteiger partial charge in [-0.3, -0.25) is 4.40 Å². The molecule has 0 saturated carbocycles. The number of hydrogen-bond donors (Lipinski definition) is 0. The van der Waals surface area contributed by atoms with Crippen LogP contribution in [0.4, 0.5) is 13.2 Å². The van der Waals surface area contributed by atoms with E-state index in [0.717, 1.165) is 23.8 Å². The summed E-state index contributed by atoms with van der Waals surface area (Å²) >= 11 is 0. The molecule has 0 aliphatic carbocycles. The summed E-state index contributed by atoms with van der Waals surface area (Å²) in [5.41, 5.74) is 0.451. The maximum Gasteiger partial charge on any atom is 0.420 e. The van der Waals surface area contributed by atoms with E-state index in [4.69, 9.17) is 4.74 Å². The van der Waals surface area contributed by atoms with Gasteiger partial charge in [0.1, 0.15) is 16.9 Å². The molecule has 7 heteroatoms. The molecule has 4 nitrogen and oxygen atoms in total. The normalized spacial score (nSPS) is 16.2. The topological polar surface area (TPSA) is 39.4 Å². The summed E-state index contributed by atoms with van der Waals surface area (Å²) in [5, 5.41) is 7.72. The fourth-order valence-electron chi connectivity index (χ4n) is 3.08. The first-order valence-corrected chi connectivity index (χ1v) is 7.48. The highest BCUT2D eigenvalue weighted by atomic mass is 19.4. The van der Waals surface area contributed by atoms with Crippen molar-refractivity contribution in [3.63, 3.8) is 0 Å². The zero-order valence-corrected chi connectivity index (χ0v) is 13.1. The molecule has 0 amide bonds. The maximum atomic E-state index is 13.1. The van der Waals surface area contributed by atoms with Gasteiger partial charge in [0, 0.05) is 18.2 Å². The van der Waals surface area contributed by atoms with Gasteiger partial charge in [-0.1, -0.05) is 0 Å². The van der Waals surface area contributed by atoms with Crippen molar-refractivity contribution in [3.05, 3.63) is 47.7 Å². The third kappa shape index (κ3) is 2.31. The first-order chi connectivity index (χ1) is 11.2. The molecule has 0 unspecified atom stereocenters. The molecule has 0 spiro atoms. The summed E-state index contributed by atoms with van der Waals surface area (Å²) in [6.45, 7) is 3.99. The smallest absolute Gasteiger partial charge is 0.420 e. The van der Waals surface area contributed by atoms with Gasteiger partial charge in [-0.2, -0.15) is 13.2 Å². The number of rotatable bonds is 1. The molecule has 0 fully saturated rings. The molecule has 0 atom stereocenters. The summed E-state index contributed by atoms with van der Waals surface area (Å²) in [5.74, 6) is 1.18. The summed E-state index contributed by atoms with van der Waals surface area (Å²) < 4.78 is 46.5. The number of hydrogen-bond acceptors (Lipinski definition) is 3. The lowest BCUT2D eigenvalue weighted by Gasteiger charge is -2.16. The molecule has 0 N–H and O–H groups in total. The molecule has 0 saturated heterocycles. The van der Waals surface area contributed by atoms with Gasteiger partial charge in [-0.25, -0.2) is 0 Å². The first-order valence-electron chi connectivity index (χ1n) is 7.48. The Kier molecular flexibility index (Phi) is 2.95. The number of fused-ring (bicyclic) bond motifs is 2. The van der Waals surface area contributed by atoms with Gasteiger partial charge in [0.15, 0.2) is 11.5 Å². The van der Waals surface area contributed by atoms with E-state index in [1.54, 1.807) is 6.07 Å². The standard InChI is InChI=1S/C17H14F3N3O/c1-16(2)9-11-8-10(5-6-13(11)24-16)14-21-22-15-12(17(18,19)20)4-3-7-23(14)15/h3-8H,9H2,1-2H3. The van der Waals surface area contributed by atoms with Crippen LogP contribution in [0.3, 0.4) is 0 Å². The number of ether oxygens (including phenoxy) is 1. The van der Waals surface area contributed by atoms with Crippen molar-refractivity contribution >= 4 is 5.65 Å². The van der Waals surface area contributed by atoms with Gasteiger partial charge in [0.2, 0.25) is 0 Å². The van der Waals surface area contributed by atoms with E-state index in [2.05, 4.69) is 10.2 Å². The third-order valence-corrected chi connectivity index (χ3v) is 4.06. The number of aromatic nitrogens is 3. The van der Waals surface area contributed by atoms with E-state index in [9.17, 15) is 13.2 Å². The van der Waals surface area contributed by atoms with Gasteiger partial charge in [0.25, 0.3) is 0 Å². The highest BCUT2D eigenvalue weighted by Crippen LogP contribution is 2.38. The molecule has 1 aliphatic heterocycles. The Morgan fingerprint density at radius 2 is 1.96 bits per heavy atom. The van der Waals surface area contributed by atoms with Gasteiger partial charge in [-0.05, 0) is 49.7 Å². The summed E-state index contributed by atoms with van der Waals surface area (Å²) in [6, 6.07) is 7.88. The second-order valence-corrected chi connectivity index (χ2v) is 6.50. The van der Waals surface area contributed by atoms with E-state index in [-0.39, 0.29) is 11.2 Å². The Labute approximate surface area is 135 Å². The molecular formula is C17H14F3N3O. The lowest BCUT2D eigenvalue weighted by atomic mass is 10.00. The van der Waals surface area contributed by atoms with Crippen LogP contribution in [-0.2, 0) is 12.6 Å². The summed E-state index contributed by atoms with van der Waals surface area (Å²) in [7, 11) is 0. The number of nitrogens with zero attached hydrogens (tertiary/aromatic N) is 3. The highest BCUT2D eigenvalue weighted by Gasteiger charge is 2.35. The fourth-order valence-corrected chi connectivity index (χ4v) is 3.08. The van der Waals surface area contributed by atoms with E-state index < -0.39 is 11.7 Å². The van der Waals surface area contributed by atoms with Crippen LogP contribution in [0.2, 0.25) is 0 Å². The van der Waals surface area contributed by atoms with Crippen molar-refractivity contribution in [2.75, 3.05) is 0 Å². The van der Waals surface area contributed by atoms with Gasteiger partial charge in [0.05, 0.1) is 0 Å². The van der Waals surface area contributed by atoms with E-state index in [1.807, 2.05) is 26.0 Å². The van der Waals surface area contributed by atoms with Gasteiger partial charge >= 0.3 is 6.18 Å². The Balaban J connectivity index is 1.85. The number of benzene rings is 1. The van der Waals surface area contributed by atoms with E-state index >= 15 is 0 Å². The predicted molar refractivity (Wildman–Crippen MR) is 81.8 cm³/mol. The minimum Gasteiger partial charge on any atom is -0.487 e. The number of pyridine rings is 1. The fraction of sp³-hybridized carbons (Fsp3) is 0.294.